The van der Waals surface area contributed by atoms with Gasteiger partial charge in [-0.15, -0.1) is 11.3 Å². The van der Waals surface area contributed by atoms with Crippen molar-refractivity contribution in [3.63, 3.8) is 0 Å². The van der Waals surface area contributed by atoms with Crippen molar-refractivity contribution in [2.45, 2.75) is 13.0 Å². The molecule has 3 aromatic rings. The lowest BCUT2D eigenvalue weighted by molar-refractivity contribution is 0.0733. The van der Waals surface area contributed by atoms with Gasteiger partial charge in [0.1, 0.15) is 0 Å². The number of carbonyl (C=O) groups excluding carboxylic acids is 1. The average molecular weight is 320 g/mol. The first-order chi connectivity index (χ1) is 11.3. The van der Waals surface area contributed by atoms with Gasteiger partial charge >= 0.3 is 0 Å². The average Bonchev–Trinajstić information content (AvgIpc) is 3.04. The lowest BCUT2D eigenvalue weighted by Crippen LogP contribution is -2.36. The Morgan fingerprint density at radius 1 is 1.13 bits per heavy atom. The molecule has 0 N–H and O–H groups in total. The highest BCUT2D eigenvalue weighted by molar-refractivity contribution is 7.12. The van der Waals surface area contributed by atoms with E-state index in [4.69, 9.17) is 0 Å². The Balaban J connectivity index is 1.62. The maximum atomic E-state index is 12.8. The van der Waals surface area contributed by atoms with Gasteiger partial charge in [0.05, 0.1) is 4.88 Å². The van der Waals surface area contributed by atoms with Gasteiger partial charge in [-0.05, 0) is 34.6 Å². The highest BCUT2D eigenvalue weighted by Gasteiger charge is 2.28. The minimum absolute atomic E-state index is 0.148. The van der Waals surface area contributed by atoms with Crippen LogP contribution in [0.25, 0.3) is 11.1 Å². The van der Waals surface area contributed by atoms with Gasteiger partial charge in [0, 0.05) is 31.0 Å². The van der Waals surface area contributed by atoms with Crippen LogP contribution in [0.4, 0.5) is 0 Å². The first-order valence-corrected chi connectivity index (χ1v) is 8.55. The number of nitrogens with zero attached hydrogens (tertiary/aromatic N) is 2. The van der Waals surface area contributed by atoms with Gasteiger partial charge in [0.15, 0.2) is 0 Å². The lowest BCUT2D eigenvalue weighted by Gasteiger charge is -2.27. The number of thiophene rings is 1. The smallest absolute Gasteiger partial charge is 0.264 e. The number of benzene rings is 1. The van der Waals surface area contributed by atoms with Crippen molar-refractivity contribution in [1.29, 1.82) is 0 Å². The second-order valence-electron chi connectivity index (χ2n) is 5.66. The summed E-state index contributed by atoms with van der Waals surface area (Å²) >= 11 is 1.55. The zero-order valence-electron chi connectivity index (χ0n) is 12.6. The van der Waals surface area contributed by atoms with Crippen molar-refractivity contribution >= 4 is 17.2 Å². The summed E-state index contributed by atoms with van der Waals surface area (Å²) in [4.78, 5) is 19.8. The molecule has 3 heterocycles. The predicted molar refractivity (Wildman–Crippen MR) is 92.4 cm³/mol. The number of amides is 1. The summed E-state index contributed by atoms with van der Waals surface area (Å²) in [5, 5.41) is 2.09. The van der Waals surface area contributed by atoms with E-state index in [-0.39, 0.29) is 5.91 Å². The number of pyridine rings is 1. The summed E-state index contributed by atoms with van der Waals surface area (Å²) in [6.07, 6.45) is 4.54. The van der Waals surface area contributed by atoms with Gasteiger partial charge in [0.2, 0.25) is 0 Å². The van der Waals surface area contributed by atoms with Crippen LogP contribution >= 0.6 is 11.3 Å². The number of aromatic nitrogens is 1. The van der Waals surface area contributed by atoms with Gasteiger partial charge in [0.25, 0.3) is 5.91 Å². The van der Waals surface area contributed by atoms with Crippen LogP contribution in [0.2, 0.25) is 0 Å². The molecule has 1 aromatic carbocycles. The molecule has 0 spiro atoms. The molecule has 2 aromatic heterocycles. The van der Waals surface area contributed by atoms with E-state index >= 15 is 0 Å². The van der Waals surface area contributed by atoms with E-state index in [9.17, 15) is 4.79 Å². The van der Waals surface area contributed by atoms with E-state index in [1.807, 2.05) is 35.4 Å². The molecule has 1 aliphatic rings. The first-order valence-electron chi connectivity index (χ1n) is 7.67. The van der Waals surface area contributed by atoms with Crippen LogP contribution in [0.15, 0.2) is 60.2 Å². The standard InChI is InChI=1S/C19H16N2OS/c22-19-18-16(17(13-23-18)15-7-4-9-20-11-15)8-10-21(19)12-14-5-2-1-3-6-14/h1-7,9,11,13H,8,10,12H2. The highest BCUT2D eigenvalue weighted by Crippen LogP contribution is 2.35. The van der Waals surface area contributed by atoms with Crippen molar-refractivity contribution in [3.8, 4) is 11.1 Å². The number of fused-ring (bicyclic) bond motifs is 1. The minimum atomic E-state index is 0.148. The van der Waals surface area contributed by atoms with Gasteiger partial charge < -0.3 is 4.90 Å². The number of rotatable bonds is 3. The van der Waals surface area contributed by atoms with E-state index in [0.717, 1.165) is 29.0 Å². The molecule has 0 bridgehead atoms. The van der Waals surface area contributed by atoms with Crippen molar-refractivity contribution < 1.29 is 4.79 Å². The number of hydrogen-bond donors (Lipinski definition) is 0. The third kappa shape index (κ3) is 2.66. The molecule has 0 unspecified atom stereocenters. The second kappa shape index (κ2) is 5.97. The third-order valence-electron chi connectivity index (χ3n) is 4.20. The summed E-state index contributed by atoms with van der Waals surface area (Å²) in [6, 6.07) is 14.2. The van der Waals surface area contributed by atoms with E-state index in [1.165, 1.54) is 11.1 Å². The monoisotopic (exact) mass is 320 g/mol. The zero-order valence-corrected chi connectivity index (χ0v) is 13.4. The quantitative estimate of drug-likeness (QED) is 0.730. The normalized spacial score (nSPS) is 13.9. The fraction of sp³-hybridized carbons (Fsp3) is 0.158. The second-order valence-corrected chi connectivity index (χ2v) is 6.54. The van der Waals surface area contributed by atoms with Crippen molar-refractivity contribution in [2.24, 2.45) is 0 Å². The predicted octanol–water partition coefficient (Wildman–Crippen LogP) is 4.01. The number of hydrogen-bond acceptors (Lipinski definition) is 3. The van der Waals surface area contributed by atoms with E-state index in [0.29, 0.717) is 6.54 Å². The van der Waals surface area contributed by atoms with Crippen LogP contribution in [-0.2, 0) is 13.0 Å². The maximum absolute atomic E-state index is 12.8. The van der Waals surface area contributed by atoms with Crippen LogP contribution in [0.5, 0.6) is 0 Å². The molecule has 23 heavy (non-hydrogen) atoms. The molecule has 4 rings (SSSR count). The topological polar surface area (TPSA) is 33.2 Å². The molecule has 114 valence electrons. The van der Waals surface area contributed by atoms with Crippen LogP contribution in [0.3, 0.4) is 0 Å². The molecule has 0 aliphatic carbocycles. The molecule has 1 amide bonds. The Morgan fingerprint density at radius 2 is 2.00 bits per heavy atom. The molecule has 0 radical (unpaired) electrons. The Morgan fingerprint density at radius 3 is 2.78 bits per heavy atom. The summed E-state index contributed by atoms with van der Waals surface area (Å²) < 4.78 is 0. The highest BCUT2D eigenvalue weighted by atomic mass is 32.1. The summed E-state index contributed by atoms with van der Waals surface area (Å²) in [5.41, 5.74) is 4.60. The van der Waals surface area contributed by atoms with Gasteiger partial charge in [-0.1, -0.05) is 36.4 Å². The molecule has 0 fully saturated rings. The Labute approximate surface area is 139 Å². The van der Waals surface area contributed by atoms with E-state index in [2.05, 4.69) is 28.6 Å². The number of carbonyl (C=O) groups is 1. The summed E-state index contributed by atoms with van der Waals surface area (Å²) in [5.74, 6) is 0.148. The third-order valence-corrected chi connectivity index (χ3v) is 5.21. The molecule has 3 nitrogen and oxygen atoms in total. The minimum Gasteiger partial charge on any atom is -0.333 e. The molecule has 0 atom stereocenters. The molecular weight excluding hydrogens is 304 g/mol. The van der Waals surface area contributed by atoms with Crippen LogP contribution in [0.1, 0.15) is 20.8 Å². The SMILES string of the molecule is O=C1c2scc(-c3cccnc3)c2CCN1Cc1ccccc1. The van der Waals surface area contributed by atoms with E-state index in [1.54, 1.807) is 17.5 Å². The maximum Gasteiger partial charge on any atom is 0.264 e. The van der Waals surface area contributed by atoms with Crippen molar-refractivity contribution in [2.75, 3.05) is 6.54 Å². The van der Waals surface area contributed by atoms with Crippen LogP contribution in [-0.4, -0.2) is 22.3 Å². The Kier molecular flexibility index (Phi) is 3.67. The fourth-order valence-corrected chi connectivity index (χ4v) is 4.12. The largest absolute Gasteiger partial charge is 0.333 e. The molecular formula is C19H16N2OS. The zero-order chi connectivity index (χ0) is 15.6. The Hall–Kier alpha value is -2.46. The summed E-state index contributed by atoms with van der Waals surface area (Å²) in [6.45, 7) is 1.45. The van der Waals surface area contributed by atoms with Crippen molar-refractivity contribution in [3.05, 3.63) is 76.2 Å². The van der Waals surface area contributed by atoms with E-state index < -0.39 is 0 Å². The first kappa shape index (κ1) is 14.2. The van der Waals surface area contributed by atoms with Gasteiger partial charge in [-0.25, -0.2) is 0 Å². The molecule has 4 heteroatoms. The van der Waals surface area contributed by atoms with Gasteiger partial charge in [-0.2, -0.15) is 0 Å². The molecule has 1 aliphatic heterocycles. The Bertz CT molecular complexity index is 827. The summed E-state index contributed by atoms with van der Waals surface area (Å²) in [7, 11) is 0. The van der Waals surface area contributed by atoms with Crippen molar-refractivity contribution in [1.82, 2.24) is 9.88 Å². The van der Waals surface area contributed by atoms with Crippen LogP contribution in [0, 0.1) is 0 Å². The fourth-order valence-electron chi connectivity index (χ4n) is 3.02. The van der Waals surface area contributed by atoms with Gasteiger partial charge in [-0.3, -0.25) is 9.78 Å². The lowest BCUT2D eigenvalue weighted by atomic mass is 9.98. The molecule has 0 saturated carbocycles. The molecule has 0 saturated heterocycles. The van der Waals surface area contributed by atoms with Crippen LogP contribution < -0.4 is 0 Å².